The highest BCUT2D eigenvalue weighted by Gasteiger charge is 2.65. The minimum atomic E-state index is -9.77. The maximum atomic E-state index is 13.0. The summed E-state index contributed by atoms with van der Waals surface area (Å²) in [7, 11) is -9.77. The van der Waals surface area contributed by atoms with Crippen molar-refractivity contribution in [3.05, 3.63) is 52.6 Å². The van der Waals surface area contributed by atoms with E-state index < -0.39 is 26.8 Å². The molecule has 3 rings (SSSR count). The van der Waals surface area contributed by atoms with Crippen molar-refractivity contribution >= 4 is 43.2 Å². The van der Waals surface area contributed by atoms with Crippen molar-refractivity contribution in [2.45, 2.75) is 37.8 Å². The Bertz CT molecular complexity index is 1160. The molecule has 0 radical (unpaired) electrons. The van der Waals surface area contributed by atoms with Crippen LogP contribution in [0.4, 0.5) is 24.2 Å². The summed E-state index contributed by atoms with van der Waals surface area (Å²) in [5, 5.41) is 7.56. The predicted molar refractivity (Wildman–Crippen MR) is 113 cm³/mol. The second-order valence-electron chi connectivity index (χ2n) is 7.81. The maximum Gasteiger partial charge on any atom is 0.407 e. The quantitative estimate of drug-likeness (QED) is 0.358. The van der Waals surface area contributed by atoms with E-state index >= 15 is 0 Å². The summed E-state index contributed by atoms with van der Waals surface area (Å²) in [6.07, 6.45) is -0.664. The van der Waals surface area contributed by atoms with Gasteiger partial charge in [-0.25, -0.2) is 9.48 Å². The number of ether oxygens (including phenoxy) is 1. The number of amides is 1. The average molecular weight is 528 g/mol. The van der Waals surface area contributed by atoms with Crippen LogP contribution in [0.15, 0.2) is 51.8 Å². The van der Waals surface area contributed by atoms with Crippen LogP contribution in [0.25, 0.3) is 16.6 Å². The summed E-state index contributed by atoms with van der Waals surface area (Å²) in [5.74, 6) is 0. The van der Waals surface area contributed by atoms with Crippen LogP contribution < -0.4 is 5.32 Å². The van der Waals surface area contributed by atoms with E-state index in [1.54, 1.807) is 39.0 Å². The van der Waals surface area contributed by atoms with Crippen LogP contribution in [0.5, 0.6) is 0 Å². The Hall–Kier alpha value is -2.34. The third kappa shape index (κ3) is 5.48. The Kier molecular flexibility index (Phi) is 5.14. The van der Waals surface area contributed by atoms with Crippen molar-refractivity contribution in [3.8, 4) is 5.69 Å². The van der Waals surface area contributed by atoms with E-state index in [9.17, 15) is 24.2 Å². The lowest BCUT2D eigenvalue weighted by molar-refractivity contribution is 0.0523. The van der Waals surface area contributed by atoms with Crippen molar-refractivity contribution in [1.82, 2.24) is 15.1 Å². The van der Waals surface area contributed by atoms with Gasteiger partial charge in [-0.2, -0.15) is 5.10 Å². The number of hydrogen-bond acceptors (Lipinski definition) is 3. The molecule has 31 heavy (non-hydrogen) atoms. The fourth-order valence-electron chi connectivity index (χ4n) is 2.83. The second-order valence-corrected chi connectivity index (χ2v) is 11.1. The average Bonchev–Trinajstić information content (AvgIpc) is 2.97. The van der Waals surface area contributed by atoms with Gasteiger partial charge in [-0.15, -0.1) is 0 Å². The van der Waals surface area contributed by atoms with Crippen LogP contribution in [0.1, 0.15) is 26.5 Å². The van der Waals surface area contributed by atoms with Crippen molar-refractivity contribution in [3.63, 3.8) is 0 Å². The summed E-state index contributed by atoms with van der Waals surface area (Å²) in [4.78, 5) is 9.99. The molecule has 1 N–H and O–H groups in total. The van der Waals surface area contributed by atoms with Gasteiger partial charge in [0.1, 0.15) is 10.5 Å². The monoisotopic (exact) mass is 527 g/mol. The lowest BCUT2D eigenvalue weighted by atomic mass is 10.2. The number of rotatable bonds is 4. The molecule has 0 bridgehead atoms. The zero-order valence-corrected chi connectivity index (χ0v) is 19.0. The maximum absolute atomic E-state index is 13.0. The molecule has 0 spiro atoms. The molecule has 3 aromatic rings. The molecule has 0 saturated carbocycles. The first kappa shape index (κ1) is 23.3. The molecule has 1 amide bonds. The molecule has 170 valence electrons. The van der Waals surface area contributed by atoms with E-state index in [-0.39, 0.29) is 12.2 Å². The standard InChI is InChI=1S/C19H19BrF5N3O2S/c1-19(2,3)30-18(29)26-11-15-17-14(20)5-4-6-16(17)28(27-15)12-7-9-13(10-8-12)31(21,22,23,24)25/h4-10H,11H2,1-3H3,(H,26,29). The number of alkyl carbamates (subject to hydrolysis) is 1. The van der Waals surface area contributed by atoms with E-state index in [4.69, 9.17) is 4.74 Å². The smallest absolute Gasteiger partial charge is 0.407 e. The molecule has 5 nitrogen and oxygen atoms in total. The Morgan fingerprint density at radius 2 is 1.71 bits per heavy atom. The summed E-state index contributed by atoms with van der Waals surface area (Å²) in [5.41, 5.74) is 0.370. The first-order chi connectivity index (χ1) is 13.9. The number of nitrogens with zero attached hydrogens (tertiary/aromatic N) is 2. The van der Waals surface area contributed by atoms with Gasteiger partial charge in [-0.1, -0.05) is 41.4 Å². The van der Waals surface area contributed by atoms with Crippen molar-refractivity contribution < 1.29 is 29.0 Å². The molecule has 0 unspecified atom stereocenters. The van der Waals surface area contributed by atoms with Gasteiger partial charge >= 0.3 is 16.3 Å². The van der Waals surface area contributed by atoms with Gasteiger partial charge in [0.05, 0.1) is 23.4 Å². The van der Waals surface area contributed by atoms with E-state index in [1.165, 1.54) is 4.68 Å². The number of hydrogen-bond donors (Lipinski definition) is 1. The summed E-state index contributed by atoms with van der Waals surface area (Å²) >= 11 is 3.40. The van der Waals surface area contributed by atoms with Gasteiger partial charge in [0.15, 0.2) is 0 Å². The highest BCUT2D eigenvalue weighted by molar-refractivity contribution is 9.10. The van der Waals surface area contributed by atoms with Crippen molar-refractivity contribution in [2.75, 3.05) is 0 Å². The Labute approximate surface area is 183 Å². The largest absolute Gasteiger partial charge is 0.444 e. The molecular weight excluding hydrogens is 509 g/mol. The van der Waals surface area contributed by atoms with E-state index in [1.807, 2.05) is 0 Å². The molecule has 0 aliphatic rings. The van der Waals surface area contributed by atoms with Crippen LogP contribution in [-0.4, -0.2) is 21.5 Å². The molecule has 1 heterocycles. The molecule has 0 aliphatic heterocycles. The Morgan fingerprint density at radius 3 is 2.26 bits per heavy atom. The minimum absolute atomic E-state index is 0.0232. The summed E-state index contributed by atoms with van der Waals surface area (Å²) in [6, 6.07) is 7.61. The highest BCUT2D eigenvalue weighted by Crippen LogP contribution is 3.02. The zero-order chi connectivity index (χ0) is 23.3. The van der Waals surface area contributed by atoms with Crippen LogP contribution >= 0.6 is 26.2 Å². The van der Waals surface area contributed by atoms with Crippen molar-refractivity contribution in [2.24, 2.45) is 0 Å². The molecule has 2 aromatic carbocycles. The normalized spacial score (nSPS) is 14.7. The van der Waals surface area contributed by atoms with Crippen LogP contribution in [0.2, 0.25) is 0 Å². The van der Waals surface area contributed by atoms with Gasteiger partial charge in [-0.3, -0.25) is 0 Å². The van der Waals surface area contributed by atoms with Crippen LogP contribution in [-0.2, 0) is 11.3 Å². The SMILES string of the molecule is CC(C)(C)OC(=O)NCc1nn(-c2ccc(S(F)(F)(F)(F)F)cc2)c2cccc(Br)c12. The predicted octanol–water partition coefficient (Wildman–Crippen LogP) is 7.47. The van der Waals surface area contributed by atoms with E-state index in [2.05, 4.69) is 26.3 Å². The number of carbonyl (C=O) groups is 1. The Morgan fingerprint density at radius 1 is 1.10 bits per heavy atom. The topological polar surface area (TPSA) is 56.1 Å². The first-order valence-electron chi connectivity index (χ1n) is 8.92. The molecular formula is C19H19BrF5N3O2S. The second kappa shape index (κ2) is 6.83. The van der Waals surface area contributed by atoms with Gasteiger partial charge in [0, 0.05) is 9.86 Å². The van der Waals surface area contributed by atoms with Crippen LogP contribution in [0.3, 0.4) is 0 Å². The van der Waals surface area contributed by atoms with Gasteiger partial charge in [0.25, 0.3) is 0 Å². The number of benzene rings is 2. The van der Waals surface area contributed by atoms with E-state index in [0.717, 1.165) is 12.1 Å². The first-order valence-corrected chi connectivity index (χ1v) is 11.7. The molecule has 12 heteroatoms. The number of nitrogens with one attached hydrogen (secondary N) is 1. The fraction of sp³-hybridized carbons (Fsp3) is 0.263. The Balaban J connectivity index is 2.00. The summed E-state index contributed by atoms with van der Waals surface area (Å²) in [6.45, 7) is 5.11. The molecule has 0 atom stereocenters. The third-order valence-corrected chi connectivity index (χ3v) is 5.88. The van der Waals surface area contributed by atoms with Crippen molar-refractivity contribution in [1.29, 1.82) is 0 Å². The lowest BCUT2D eigenvalue weighted by Gasteiger charge is -2.40. The number of halogens is 6. The van der Waals surface area contributed by atoms with Gasteiger partial charge in [0.2, 0.25) is 0 Å². The zero-order valence-electron chi connectivity index (χ0n) is 16.6. The molecule has 0 aliphatic carbocycles. The number of carbonyl (C=O) groups excluding carboxylic acids is 1. The highest BCUT2D eigenvalue weighted by atomic mass is 79.9. The third-order valence-electron chi connectivity index (χ3n) is 4.05. The van der Waals surface area contributed by atoms with E-state index in [0.29, 0.717) is 33.2 Å². The van der Waals surface area contributed by atoms with Crippen LogP contribution in [0, 0.1) is 0 Å². The van der Waals surface area contributed by atoms with Gasteiger partial charge in [-0.05, 0) is 57.2 Å². The summed E-state index contributed by atoms with van der Waals surface area (Å²) < 4.78 is 72.2. The molecule has 0 fully saturated rings. The lowest BCUT2D eigenvalue weighted by Crippen LogP contribution is -2.32. The number of fused-ring (bicyclic) bond motifs is 1. The molecule has 1 aromatic heterocycles. The number of aromatic nitrogens is 2. The fourth-order valence-corrected chi connectivity index (χ4v) is 4.07. The van der Waals surface area contributed by atoms with Gasteiger partial charge < -0.3 is 10.1 Å². The minimum Gasteiger partial charge on any atom is -0.444 e. The molecule has 0 saturated heterocycles.